The van der Waals surface area contributed by atoms with E-state index in [2.05, 4.69) is 43.3 Å². The third-order valence-electron chi connectivity index (χ3n) is 4.61. The van der Waals surface area contributed by atoms with Crippen molar-refractivity contribution in [3.8, 4) is 11.3 Å². The van der Waals surface area contributed by atoms with Crippen molar-refractivity contribution in [2.45, 2.75) is 26.4 Å². The van der Waals surface area contributed by atoms with Gasteiger partial charge in [-0.15, -0.1) is 11.3 Å². The highest BCUT2D eigenvalue weighted by Gasteiger charge is 2.14. The van der Waals surface area contributed by atoms with E-state index in [9.17, 15) is 0 Å². The summed E-state index contributed by atoms with van der Waals surface area (Å²) in [5.74, 6) is 0.491. The molecule has 0 amide bonds. The lowest BCUT2D eigenvalue weighted by atomic mass is 10.0. The number of rotatable bonds is 6. The quantitative estimate of drug-likeness (QED) is 0.236. The maximum atomic E-state index is 6.04. The van der Waals surface area contributed by atoms with E-state index in [0.717, 1.165) is 27.5 Å². The predicted octanol–water partition coefficient (Wildman–Crippen LogP) is 7.04. The molecule has 0 atom stereocenters. The van der Waals surface area contributed by atoms with E-state index in [1.54, 1.807) is 29.7 Å². The second kappa shape index (κ2) is 8.57. The van der Waals surface area contributed by atoms with Crippen LogP contribution in [-0.4, -0.2) is 15.6 Å². The molecule has 0 N–H and O–H groups in total. The predicted molar refractivity (Wildman–Crippen MR) is 121 cm³/mol. The molecule has 0 fully saturated rings. The highest BCUT2D eigenvalue weighted by Crippen LogP contribution is 2.27. The molecule has 0 unspecified atom stereocenters. The third kappa shape index (κ3) is 4.32. The lowest BCUT2D eigenvalue weighted by Gasteiger charge is -2.06. The number of nitrogens with zero attached hydrogens (tertiary/aromatic N) is 3. The molecule has 0 saturated carbocycles. The van der Waals surface area contributed by atoms with Crippen molar-refractivity contribution in [3.63, 3.8) is 0 Å². The summed E-state index contributed by atoms with van der Waals surface area (Å²) in [4.78, 5) is 11.2. The Hall–Kier alpha value is -2.34. The smallest absolute Gasteiger partial charge is 0.194 e. The van der Waals surface area contributed by atoms with Gasteiger partial charge in [-0.2, -0.15) is 0 Å². The molecule has 0 aliphatic heterocycles. The number of hydrogen-bond acceptors (Lipinski definition) is 4. The number of halogens is 2. The average molecular weight is 444 g/mol. The van der Waals surface area contributed by atoms with Crippen molar-refractivity contribution >= 4 is 45.7 Å². The van der Waals surface area contributed by atoms with Crippen LogP contribution in [0.2, 0.25) is 10.0 Å². The van der Waals surface area contributed by atoms with Crippen LogP contribution in [0.4, 0.5) is 0 Å². The van der Waals surface area contributed by atoms with Crippen LogP contribution in [0.25, 0.3) is 16.2 Å². The molecule has 0 spiro atoms. The molecular formula is C22H19Cl2N3OS. The number of aromatic nitrogens is 2. The SMILES string of the molecule is CC(C)c1ccc(-c2nc3sccn3c2/C=N/OCc2ccc(Cl)c(Cl)c2)cc1. The Morgan fingerprint density at radius 3 is 2.66 bits per heavy atom. The van der Waals surface area contributed by atoms with E-state index in [0.29, 0.717) is 22.6 Å². The molecule has 0 aliphatic carbocycles. The maximum Gasteiger partial charge on any atom is 0.194 e. The fourth-order valence-electron chi connectivity index (χ4n) is 2.99. The fraction of sp³-hybridized carbons (Fsp3) is 0.182. The van der Waals surface area contributed by atoms with Crippen LogP contribution in [0.1, 0.15) is 36.6 Å². The highest BCUT2D eigenvalue weighted by molar-refractivity contribution is 7.15. The molecule has 2 aromatic heterocycles. The largest absolute Gasteiger partial charge is 0.391 e. The van der Waals surface area contributed by atoms with Gasteiger partial charge in [0.1, 0.15) is 6.61 Å². The van der Waals surface area contributed by atoms with Gasteiger partial charge in [0.2, 0.25) is 0 Å². The van der Waals surface area contributed by atoms with E-state index >= 15 is 0 Å². The molecule has 2 heterocycles. The molecular weight excluding hydrogens is 425 g/mol. The first-order valence-corrected chi connectivity index (χ1v) is 10.8. The number of fused-ring (bicyclic) bond motifs is 1. The summed E-state index contributed by atoms with van der Waals surface area (Å²) in [5, 5.41) is 7.19. The summed E-state index contributed by atoms with van der Waals surface area (Å²) in [6.45, 7) is 4.67. The average Bonchev–Trinajstić information content (AvgIpc) is 3.30. The summed E-state index contributed by atoms with van der Waals surface area (Å²) in [5.41, 5.74) is 5.02. The number of hydrogen-bond donors (Lipinski definition) is 0. The van der Waals surface area contributed by atoms with Crippen LogP contribution in [-0.2, 0) is 11.4 Å². The zero-order chi connectivity index (χ0) is 20.4. The van der Waals surface area contributed by atoms with Crippen molar-refractivity contribution in [3.05, 3.63) is 80.9 Å². The molecule has 0 radical (unpaired) electrons. The highest BCUT2D eigenvalue weighted by atomic mass is 35.5. The molecule has 4 aromatic rings. The fourth-order valence-corrected chi connectivity index (χ4v) is 4.04. The Bertz CT molecular complexity index is 1160. The molecule has 0 saturated heterocycles. The number of oxime groups is 1. The van der Waals surface area contributed by atoms with E-state index in [4.69, 9.17) is 33.0 Å². The third-order valence-corrected chi connectivity index (χ3v) is 6.11. The van der Waals surface area contributed by atoms with Crippen molar-refractivity contribution in [1.82, 2.24) is 9.38 Å². The van der Waals surface area contributed by atoms with Gasteiger partial charge in [0.05, 0.1) is 27.6 Å². The number of benzene rings is 2. The van der Waals surface area contributed by atoms with Gasteiger partial charge in [-0.3, -0.25) is 4.40 Å². The van der Waals surface area contributed by atoms with Gasteiger partial charge < -0.3 is 4.84 Å². The first-order valence-electron chi connectivity index (χ1n) is 9.18. The van der Waals surface area contributed by atoms with Gasteiger partial charge in [0, 0.05) is 17.1 Å². The van der Waals surface area contributed by atoms with Gasteiger partial charge >= 0.3 is 0 Å². The molecule has 0 aliphatic rings. The van der Waals surface area contributed by atoms with Gasteiger partial charge in [-0.05, 0) is 29.2 Å². The van der Waals surface area contributed by atoms with Gasteiger partial charge in [-0.25, -0.2) is 4.98 Å². The van der Waals surface area contributed by atoms with Crippen LogP contribution < -0.4 is 0 Å². The first-order chi connectivity index (χ1) is 14.0. The molecule has 2 aromatic carbocycles. The van der Waals surface area contributed by atoms with Gasteiger partial charge in [-0.1, -0.05) is 72.5 Å². The molecule has 4 nitrogen and oxygen atoms in total. The molecule has 7 heteroatoms. The monoisotopic (exact) mass is 443 g/mol. The van der Waals surface area contributed by atoms with Crippen LogP contribution in [0, 0.1) is 0 Å². The van der Waals surface area contributed by atoms with Crippen LogP contribution in [0.15, 0.2) is 59.2 Å². The van der Waals surface area contributed by atoms with E-state index in [1.807, 2.05) is 22.0 Å². The summed E-state index contributed by atoms with van der Waals surface area (Å²) >= 11 is 13.6. The van der Waals surface area contributed by atoms with Gasteiger partial charge in [0.15, 0.2) is 4.96 Å². The van der Waals surface area contributed by atoms with Crippen LogP contribution in [0.5, 0.6) is 0 Å². The van der Waals surface area contributed by atoms with E-state index < -0.39 is 0 Å². The molecule has 4 rings (SSSR count). The molecule has 29 heavy (non-hydrogen) atoms. The Morgan fingerprint density at radius 1 is 1.14 bits per heavy atom. The Labute approximate surface area is 183 Å². The van der Waals surface area contributed by atoms with Crippen molar-refractivity contribution in [2.75, 3.05) is 0 Å². The van der Waals surface area contributed by atoms with Crippen molar-refractivity contribution in [2.24, 2.45) is 5.16 Å². The standard InChI is InChI=1S/C22H19Cl2N3OS/c1-14(2)16-4-6-17(7-5-16)21-20(27-9-10-29-22(27)26-21)12-25-28-13-15-3-8-18(23)19(24)11-15/h3-12,14H,13H2,1-2H3/b25-12+. The topological polar surface area (TPSA) is 38.9 Å². The lowest BCUT2D eigenvalue weighted by Crippen LogP contribution is -1.94. The minimum atomic E-state index is 0.303. The lowest BCUT2D eigenvalue weighted by molar-refractivity contribution is 0.132. The summed E-state index contributed by atoms with van der Waals surface area (Å²) in [6.07, 6.45) is 3.69. The number of imidazole rings is 1. The van der Waals surface area contributed by atoms with Crippen molar-refractivity contribution in [1.29, 1.82) is 0 Å². The maximum absolute atomic E-state index is 6.04. The minimum absolute atomic E-state index is 0.303. The minimum Gasteiger partial charge on any atom is -0.391 e. The van der Waals surface area contributed by atoms with Gasteiger partial charge in [0.25, 0.3) is 0 Å². The molecule has 0 bridgehead atoms. The Kier molecular flexibility index (Phi) is 5.90. The zero-order valence-electron chi connectivity index (χ0n) is 16.0. The van der Waals surface area contributed by atoms with Crippen LogP contribution in [0.3, 0.4) is 0 Å². The summed E-state index contributed by atoms with van der Waals surface area (Å²) in [7, 11) is 0. The second-order valence-electron chi connectivity index (χ2n) is 6.93. The summed E-state index contributed by atoms with van der Waals surface area (Å²) in [6, 6.07) is 13.9. The molecule has 148 valence electrons. The summed E-state index contributed by atoms with van der Waals surface area (Å²) < 4.78 is 2.02. The van der Waals surface area contributed by atoms with E-state index in [1.165, 1.54) is 5.56 Å². The van der Waals surface area contributed by atoms with E-state index in [-0.39, 0.29) is 0 Å². The normalized spacial score (nSPS) is 11.8. The Morgan fingerprint density at radius 2 is 1.93 bits per heavy atom. The second-order valence-corrected chi connectivity index (χ2v) is 8.62. The van der Waals surface area contributed by atoms with Crippen LogP contribution >= 0.6 is 34.5 Å². The number of thiazole rings is 1. The zero-order valence-corrected chi connectivity index (χ0v) is 18.3. The first kappa shape index (κ1) is 20.0. The Balaban J connectivity index is 1.57. The van der Waals surface area contributed by atoms with Crippen molar-refractivity contribution < 1.29 is 4.84 Å².